The lowest BCUT2D eigenvalue weighted by molar-refractivity contribution is -0.390. The molecule has 7 heteroatoms. The van der Waals surface area contributed by atoms with Gasteiger partial charge < -0.3 is 14.9 Å². The molecule has 0 saturated carbocycles. The van der Waals surface area contributed by atoms with Crippen LogP contribution in [0.4, 0.5) is 10.2 Å². The quantitative estimate of drug-likeness (QED) is 0.637. The number of hydrogen-bond acceptors (Lipinski definition) is 4. The average molecular weight is 327 g/mol. The first-order valence-corrected chi connectivity index (χ1v) is 6.03. The van der Waals surface area contributed by atoms with Crippen LogP contribution in [-0.4, -0.2) is 9.91 Å². The van der Waals surface area contributed by atoms with Crippen molar-refractivity contribution >= 4 is 21.7 Å². The number of halogens is 2. The number of benzene rings is 1. The van der Waals surface area contributed by atoms with Crippen molar-refractivity contribution < 1.29 is 14.1 Å². The van der Waals surface area contributed by atoms with Crippen LogP contribution in [0.5, 0.6) is 5.75 Å². The molecular weight excluding hydrogens is 319 g/mol. The summed E-state index contributed by atoms with van der Waals surface area (Å²) in [7, 11) is 0. The molecule has 0 radical (unpaired) electrons. The standard InChI is InChI=1S/C12H8BrFN2O3/c13-9-5-11(12(15-6-9)16(17)18)19-7-8-1-3-10(14)4-2-8/h1-6H,7H2. The van der Waals surface area contributed by atoms with E-state index in [0.717, 1.165) is 0 Å². The van der Waals surface area contributed by atoms with Crippen molar-refractivity contribution in [3.63, 3.8) is 0 Å². The van der Waals surface area contributed by atoms with Crippen molar-refractivity contribution in [2.45, 2.75) is 6.61 Å². The molecule has 19 heavy (non-hydrogen) atoms. The predicted octanol–water partition coefficient (Wildman–Crippen LogP) is 3.47. The Morgan fingerprint density at radius 3 is 2.68 bits per heavy atom. The van der Waals surface area contributed by atoms with Gasteiger partial charge in [0.05, 0.1) is 4.47 Å². The summed E-state index contributed by atoms with van der Waals surface area (Å²) in [5.41, 5.74) is 0.704. The number of rotatable bonds is 4. The molecule has 1 aromatic carbocycles. The van der Waals surface area contributed by atoms with Crippen LogP contribution in [0, 0.1) is 15.9 Å². The van der Waals surface area contributed by atoms with E-state index in [-0.39, 0.29) is 24.0 Å². The fourth-order valence-electron chi connectivity index (χ4n) is 1.40. The summed E-state index contributed by atoms with van der Waals surface area (Å²) in [6, 6.07) is 7.16. The van der Waals surface area contributed by atoms with Gasteiger partial charge in [0.15, 0.2) is 6.20 Å². The summed E-state index contributed by atoms with van der Waals surface area (Å²) in [6.45, 7) is 0.0965. The summed E-state index contributed by atoms with van der Waals surface area (Å²) in [6.07, 6.45) is 1.32. The van der Waals surface area contributed by atoms with E-state index in [2.05, 4.69) is 20.9 Å². The summed E-state index contributed by atoms with van der Waals surface area (Å²) in [5, 5.41) is 10.8. The van der Waals surface area contributed by atoms with E-state index in [0.29, 0.717) is 10.0 Å². The van der Waals surface area contributed by atoms with Crippen LogP contribution >= 0.6 is 15.9 Å². The fourth-order valence-corrected chi connectivity index (χ4v) is 1.71. The van der Waals surface area contributed by atoms with Crippen LogP contribution in [0.25, 0.3) is 0 Å². The maximum Gasteiger partial charge on any atom is 0.406 e. The highest BCUT2D eigenvalue weighted by Crippen LogP contribution is 2.28. The lowest BCUT2D eigenvalue weighted by Gasteiger charge is -2.06. The lowest BCUT2D eigenvalue weighted by atomic mass is 10.2. The van der Waals surface area contributed by atoms with Crippen molar-refractivity contribution in [3.05, 3.63) is 62.5 Å². The zero-order valence-corrected chi connectivity index (χ0v) is 11.1. The monoisotopic (exact) mass is 326 g/mol. The Kier molecular flexibility index (Phi) is 4.06. The Balaban J connectivity index is 2.16. The molecule has 2 rings (SSSR count). The molecule has 0 fully saturated rings. The molecule has 0 aliphatic rings. The van der Waals surface area contributed by atoms with Gasteiger partial charge in [-0.2, -0.15) is 0 Å². The molecule has 2 aromatic rings. The van der Waals surface area contributed by atoms with Crippen LogP contribution in [0.1, 0.15) is 5.56 Å². The molecule has 0 amide bonds. The third kappa shape index (κ3) is 3.47. The first kappa shape index (κ1) is 13.4. The minimum Gasteiger partial charge on any atom is -0.481 e. The van der Waals surface area contributed by atoms with Gasteiger partial charge in [-0.3, -0.25) is 0 Å². The lowest BCUT2D eigenvalue weighted by Crippen LogP contribution is -2.01. The van der Waals surface area contributed by atoms with Crippen LogP contribution in [-0.2, 0) is 6.61 Å². The average Bonchev–Trinajstić information content (AvgIpc) is 2.38. The van der Waals surface area contributed by atoms with Crippen LogP contribution in [0.15, 0.2) is 41.0 Å². The molecule has 98 valence electrons. The van der Waals surface area contributed by atoms with Crippen molar-refractivity contribution in [3.8, 4) is 5.75 Å². The number of aromatic nitrogens is 1. The van der Waals surface area contributed by atoms with Crippen molar-refractivity contribution in [1.82, 2.24) is 4.98 Å². The van der Waals surface area contributed by atoms with Gasteiger partial charge in [-0.15, -0.1) is 0 Å². The van der Waals surface area contributed by atoms with Gasteiger partial charge in [-0.1, -0.05) is 12.1 Å². The molecule has 0 N–H and O–H groups in total. The third-order valence-electron chi connectivity index (χ3n) is 2.28. The minimum atomic E-state index is -0.619. The highest BCUT2D eigenvalue weighted by Gasteiger charge is 2.17. The summed E-state index contributed by atoms with van der Waals surface area (Å²) in [5.74, 6) is -0.645. The molecular formula is C12H8BrFN2O3. The third-order valence-corrected chi connectivity index (χ3v) is 2.71. The van der Waals surface area contributed by atoms with E-state index >= 15 is 0 Å². The van der Waals surface area contributed by atoms with Gasteiger partial charge in [0, 0.05) is 6.07 Å². The highest BCUT2D eigenvalue weighted by molar-refractivity contribution is 9.10. The number of pyridine rings is 1. The van der Waals surface area contributed by atoms with Crippen molar-refractivity contribution in [2.24, 2.45) is 0 Å². The van der Waals surface area contributed by atoms with Gasteiger partial charge in [0.25, 0.3) is 0 Å². The van der Waals surface area contributed by atoms with E-state index in [1.165, 1.54) is 24.4 Å². The number of nitro groups is 1. The van der Waals surface area contributed by atoms with Gasteiger partial charge in [-0.05, 0) is 43.5 Å². The second-order valence-electron chi connectivity index (χ2n) is 3.65. The molecule has 0 bridgehead atoms. The zero-order chi connectivity index (χ0) is 13.8. The zero-order valence-electron chi connectivity index (χ0n) is 9.55. The summed E-state index contributed by atoms with van der Waals surface area (Å²) < 4.78 is 18.7. The first-order valence-electron chi connectivity index (χ1n) is 5.23. The number of ether oxygens (including phenoxy) is 1. The molecule has 0 aliphatic carbocycles. The second kappa shape index (κ2) is 5.75. The smallest absolute Gasteiger partial charge is 0.406 e. The molecule has 0 saturated heterocycles. The van der Waals surface area contributed by atoms with E-state index in [9.17, 15) is 14.5 Å². The Hall–Kier alpha value is -2.02. The molecule has 0 atom stereocenters. The van der Waals surface area contributed by atoms with E-state index in [1.807, 2.05) is 0 Å². The Morgan fingerprint density at radius 1 is 1.37 bits per heavy atom. The van der Waals surface area contributed by atoms with E-state index < -0.39 is 4.92 Å². The highest BCUT2D eigenvalue weighted by atomic mass is 79.9. The predicted molar refractivity (Wildman–Crippen MR) is 69.3 cm³/mol. The molecule has 0 aliphatic heterocycles. The number of hydrogen-bond donors (Lipinski definition) is 0. The fraction of sp³-hybridized carbons (Fsp3) is 0.0833. The van der Waals surface area contributed by atoms with E-state index in [1.54, 1.807) is 12.1 Å². The van der Waals surface area contributed by atoms with Crippen LogP contribution < -0.4 is 4.74 Å². The van der Waals surface area contributed by atoms with Gasteiger partial charge in [0.2, 0.25) is 5.75 Å². The maximum atomic E-state index is 12.7. The summed E-state index contributed by atoms with van der Waals surface area (Å²) in [4.78, 5) is 13.8. The van der Waals surface area contributed by atoms with Gasteiger partial charge >= 0.3 is 5.82 Å². The Labute approximate surface area is 116 Å². The van der Waals surface area contributed by atoms with Crippen molar-refractivity contribution in [1.29, 1.82) is 0 Å². The Bertz CT molecular complexity index is 604. The Morgan fingerprint density at radius 2 is 2.05 bits per heavy atom. The number of nitrogens with zero attached hydrogens (tertiary/aromatic N) is 2. The first-order chi connectivity index (χ1) is 9.06. The van der Waals surface area contributed by atoms with E-state index in [4.69, 9.17) is 4.74 Å². The largest absolute Gasteiger partial charge is 0.481 e. The minimum absolute atomic E-state index is 0.0590. The van der Waals surface area contributed by atoms with Crippen LogP contribution in [0.3, 0.4) is 0 Å². The van der Waals surface area contributed by atoms with Gasteiger partial charge in [0.1, 0.15) is 12.4 Å². The summed E-state index contributed by atoms with van der Waals surface area (Å²) >= 11 is 3.17. The maximum absolute atomic E-state index is 12.7. The second-order valence-corrected chi connectivity index (χ2v) is 4.56. The molecule has 5 nitrogen and oxygen atoms in total. The normalized spacial score (nSPS) is 10.2. The molecule has 1 aromatic heterocycles. The van der Waals surface area contributed by atoms with Crippen molar-refractivity contribution in [2.75, 3.05) is 0 Å². The molecule has 1 heterocycles. The molecule has 0 spiro atoms. The topological polar surface area (TPSA) is 65.3 Å². The molecule has 0 unspecified atom stereocenters. The SMILES string of the molecule is O=[N+]([O-])c1ncc(Br)cc1OCc1ccc(F)cc1. The van der Waals surface area contributed by atoms with Crippen LogP contribution in [0.2, 0.25) is 0 Å². The van der Waals surface area contributed by atoms with Gasteiger partial charge in [-0.25, -0.2) is 4.39 Å².